The first-order chi connectivity index (χ1) is 7.24. The molecule has 0 aromatic heterocycles. The molecule has 1 atom stereocenters. The third-order valence-electron chi connectivity index (χ3n) is 2.83. The highest BCUT2D eigenvalue weighted by Gasteiger charge is 2.27. The van der Waals surface area contributed by atoms with E-state index in [0.717, 1.165) is 35.0 Å². The Kier molecular flexibility index (Phi) is 3.22. The van der Waals surface area contributed by atoms with E-state index in [-0.39, 0.29) is 11.8 Å². The number of likely N-dealkylation sites (N-methyl/N-ethyl adjacent to an activating group) is 1. The number of hydrogen-bond acceptors (Lipinski definition) is 2. The van der Waals surface area contributed by atoms with Gasteiger partial charge >= 0.3 is 0 Å². The second-order valence-corrected chi connectivity index (χ2v) is 4.63. The molecular weight excluding hydrogens is 254 g/mol. The Hall–Kier alpha value is -0.670. The van der Waals surface area contributed by atoms with Crippen LogP contribution in [0.5, 0.6) is 0 Å². The normalized spacial score (nSPS) is 20.1. The number of rotatable bonds is 2. The van der Waals surface area contributed by atoms with Crippen molar-refractivity contribution >= 4 is 21.7 Å². The summed E-state index contributed by atoms with van der Waals surface area (Å²) in [6, 6.07) is 5.86. The minimum atomic E-state index is 0.0109. The van der Waals surface area contributed by atoms with Crippen LogP contribution in [0.3, 0.4) is 0 Å². The van der Waals surface area contributed by atoms with Crippen LogP contribution in [0.4, 0.5) is 0 Å². The van der Waals surface area contributed by atoms with Crippen molar-refractivity contribution in [2.45, 2.75) is 25.8 Å². The molecule has 1 aromatic carbocycles. The molecule has 15 heavy (non-hydrogen) atoms. The summed E-state index contributed by atoms with van der Waals surface area (Å²) in [6.45, 7) is 2.88. The highest BCUT2D eigenvalue weighted by molar-refractivity contribution is 9.10. The van der Waals surface area contributed by atoms with E-state index in [1.807, 2.05) is 25.1 Å². The summed E-state index contributed by atoms with van der Waals surface area (Å²) in [4.78, 5) is 12.1. The molecule has 1 aliphatic carbocycles. The zero-order chi connectivity index (χ0) is 10.8. The van der Waals surface area contributed by atoms with Gasteiger partial charge in [0, 0.05) is 10.0 Å². The first-order valence-electron chi connectivity index (χ1n) is 5.29. The van der Waals surface area contributed by atoms with E-state index in [2.05, 4.69) is 21.2 Å². The minimum Gasteiger partial charge on any atom is -0.307 e. The summed E-state index contributed by atoms with van der Waals surface area (Å²) >= 11 is 3.50. The molecule has 1 unspecified atom stereocenters. The van der Waals surface area contributed by atoms with E-state index in [1.165, 1.54) is 0 Å². The van der Waals surface area contributed by atoms with Gasteiger partial charge in [-0.1, -0.05) is 35.0 Å². The number of benzene rings is 1. The van der Waals surface area contributed by atoms with Crippen LogP contribution in [0.25, 0.3) is 0 Å². The molecule has 1 aromatic rings. The molecular formula is C12H14BrNO. The molecule has 0 fully saturated rings. The smallest absolute Gasteiger partial charge is 0.180 e. The quantitative estimate of drug-likeness (QED) is 0.893. The van der Waals surface area contributed by atoms with Gasteiger partial charge in [0.1, 0.15) is 0 Å². The van der Waals surface area contributed by atoms with Gasteiger partial charge in [0.05, 0.1) is 6.04 Å². The first-order valence-corrected chi connectivity index (χ1v) is 6.08. The summed E-state index contributed by atoms with van der Waals surface area (Å²) < 4.78 is 1.06. The van der Waals surface area contributed by atoms with Crippen LogP contribution < -0.4 is 5.32 Å². The number of nitrogens with one attached hydrogen (secondary N) is 1. The number of halogens is 1. The summed E-state index contributed by atoms with van der Waals surface area (Å²) in [5, 5.41) is 3.23. The van der Waals surface area contributed by atoms with Gasteiger partial charge in [-0.2, -0.15) is 0 Å². The van der Waals surface area contributed by atoms with Gasteiger partial charge in [-0.05, 0) is 31.0 Å². The molecule has 0 spiro atoms. The fourth-order valence-electron chi connectivity index (χ4n) is 2.09. The highest BCUT2D eigenvalue weighted by Crippen LogP contribution is 2.28. The van der Waals surface area contributed by atoms with Gasteiger partial charge < -0.3 is 5.32 Å². The second kappa shape index (κ2) is 4.45. The molecule has 0 aliphatic heterocycles. The van der Waals surface area contributed by atoms with Crippen LogP contribution in [0, 0.1) is 0 Å². The van der Waals surface area contributed by atoms with E-state index in [4.69, 9.17) is 0 Å². The van der Waals surface area contributed by atoms with Crippen LogP contribution in [0.1, 0.15) is 29.3 Å². The van der Waals surface area contributed by atoms with Crippen molar-refractivity contribution in [2.24, 2.45) is 0 Å². The van der Waals surface area contributed by atoms with Crippen molar-refractivity contribution in [1.29, 1.82) is 0 Å². The van der Waals surface area contributed by atoms with Gasteiger partial charge in [0.15, 0.2) is 5.78 Å². The number of ketones is 1. The lowest BCUT2D eigenvalue weighted by Gasteiger charge is -2.24. The van der Waals surface area contributed by atoms with Crippen LogP contribution >= 0.6 is 15.9 Å². The fraction of sp³-hybridized carbons (Fsp3) is 0.417. The van der Waals surface area contributed by atoms with Crippen molar-refractivity contribution in [3.8, 4) is 0 Å². The highest BCUT2D eigenvalue weighted by atomic mass is 79.9. The lowest BCUT2D eigenvalue weighted by molar-refractivity contribution is 0.0929. The molecule has 2 nitrogen and oxygen atoms in total. The molecule has 0 amide bonds. The molecule has 0 saturated heterocycles. The molecule has 0 radical (unpaired) electrons. The molecule has 0 bridgehead atoms. The SMILES string of the molecule is CCNC1CCc2c(Br)cccc2C1=O. The number of Topliss-reactive ketones (excluding diaryl/α,β-unsaturated/α-hetero) is 1. The maximum Gasteiger partial charge on any atom is 0.180 e. The van der Waals surface area contributed by atoms with Gasteiger partial charge in [-0.25, -0.2) is 0 Å². The minimum absolute atomic E-state index is 0.0109. The molecule has 3 heteroatoms. The summed E-state index contributed by atoms with van der Waals surface area (Å²) in [7, 11) is 0. The molecule has 0 saturated carbocycles. The van der Waals surface area contributed by atoms with E-state index in [0.29, 0.717) is 0 Å². The third kappa shape index (κ3) is 1.99. The predicted octanol–water partition coefficient (Wildman–Crippen LogP) is 2.56. The zero-order valence-corrected chi connectivity index (χ0v) is 10.3. The van der Waals surface area contributed by atoms with E-state index >= 15 is 0 Å². The Morgan fingerprint density at radius 2 is 2.33 bits per heavy atom. The monoisotopic (exact) mass is 267 g/mol. The van der Waals surface area contributed by atoms with Gasteiger partial charge in [0.2, 0.25) is 0 Å². The summed E-state index contributed by atoms with van der Waals surface area (Å²) in [5.74, 6) is 0.236. The Labute approximate surface area is 98.2 Å². The Morgan fingerprint density at radius 1 is 1.53 bits per heavy atom. The number of carbonyl (C=O) groups excluding carboxylic acids is 1. The zero-order valence-electron chi connectivity index (χ0n) is 8.72. The second-order valence-electron chi connectivity index (χ2n) is 3.78. The maximum atomic E-state index is 12.1. The van der Waals surface area contributed by atoms with Crippen molar-refractivity contribution in [1.82, 2.24) is 5.32 Å². The molecule has 1 aliphatic rings. The van der Waals surface area contributed by atoms with Crippen LogP contribution in [0.15, 0.2) is 22.7 Å². The number of hydrogen-bond donors (Lipinski definition) is 1. The van der Waals surface area contributed by atoms with Crippen LogP contribution in [-0.4, -0.2) is 18.4 Å². The Bertz CT molecular complexity index is 389. The first kappa shape index (κ1) is 10.8. The van der Waals surface area contributed by atoms with Gasteiger partial charge in [0.25, 0.3) is 0 Å². The van der Waals surface area contributed by atoms with E-state index in [9.17, 15) is 4.79 Å². The molecule has 2 rings (SSSR count). The van der Waals surface area contributed by atoms with Crippen LogP contribution in [-0.2, 0) is 6.42 Å². The van der Waals surface area contributed by atoms with Crippen LogP contribution in [0.2, 0.25) is 0 Å². The third-order valence-corrected chi connectivity index (χ3v) is 3.58. The standard InChI is InChI=1S/C12H14BrNO/c1-2-14-11-7-6-8-9(12(11)15)4-3-5-10(8)13/h3-5,11,14H,2,6-7H2,1H3. The number of carbonyl (C=O) groups is 1. The van der Waals surface area contributed by atoms with Crippen molar-refractivity contribution in [2.75, 3.05) is 6.54 Å². The Morgan fingerprint density at radius 3 is 3.07 bits per heavy atom. The average molecular weight is 268 g/mol. The summed E-state index contributed by atoms with van der Waals surface area (Å²) in [5.41, 5.74) is 2.04. The van der Waals surface area contributed by atoms with Crippen molar-refractivity contribution in [3.05, 3.63) is 33.8 Å². The average Bonchev–Trinajstić information content (AvgIpc) is 2.23. The lowest BCUT2D eigenvalue weighted by Crippen LogP contribution is -2.40. The summed E-state index contributed by atoms with van der Waals surface area (Å²) in [6.07, 6.45) is 1.88. The van der Waals surface area contributed by atoms with E-state index < -0.39 is 0 Å². The van der Waals surface area contributed by atoms with Crippen molar-refractivity contribution < 1.29 is 4.79 Å². The van der Waals surface area contributed by atoms with Gasteiger partial charge in [-0.15, -0.1) is 0 Å². The largest absolute Gasteiger partial charge is 0.307 e. The van der Waals surface area contributed by atoms with Gasteiger partial charge in [-0.3, -0.25) is 4.79 Å². The Balaban J connectivity index is 2.34. The fourth-order valence-corrected chi connectivity index (χ4v) is 2.66. The molecule has 1 N–H and O–H groups in total. The topological polar surface area (TPSA) is 29.1 Å². The van der Waals surface area contributed by atoms with Crippen molar-refractivity contribution in [3.63, 3.8) is 0 Å². The predicted molar refractivity (Wildman–Crippen MR) is 64.3 cm³/mol. The molecule has 80 valence electrons. The van der Waals surface area contributed by atoms with E-state index in [1.54, 1.807) is 0 Å². The number of fused-ring (bicyclic) bond motifs is 1. The molecule has 0 heterocycles. The maximum absolute atomic E-state index is 12.1. The lowest BCUT2D eigenvalue weighted by atomic mass is 9.87.